The van der Waals surface area contributed by atoms with E-state index in [9.17, 15) is 9.90 Å². The van der Waals surface area contributed by atoms with Crippen molar-refractivity contribution in [1.82, 2.24) is 10.2 Å². The van der Waals surface area contributed by atoms with Gasteiger partial charge in [0.25, 0.3) is 0 Å². The van der Waals surface area contributed by atoms with Crippen LogP contribution in [0.5, 0.6) is 0 Å². The van der Waals surface area contributed by atoms with Crippen molar-refractivity contribution in [3.05, 3.63) is 0 Å². The average molecular weight is 238 g/mol. The number of nitrogens with zero attached hydrogens (tertiary/aromatic N) is 1. The number of nitrogens with one attached hydrogen (secondary N) is 1. The van der Waals surface area contributed by atoms with E-state index in [0.29, 0.717) is 18.5 Å². The van der Waals surface area contributed by atoms with Crippen molar-refractivity contribution in [3.63, 3.8) is 0 Å². The van der Waals surface area contributed by atoms with Crippen molar-refractivity contribution in [2.24, 2.45) is 5.92 Å². The maximum Gasteiger partial charge on any atom is 0.239 e. The lowest BCUT2D eigenvalue weighted by Gasteiger charge is -2.24. The van der Waals surface area contributed by atoms with Crippen LogP contribution in [0, 0.1) is 5.92 Å². The number of aliphatic hydroxyl groups excluding tert-OH is 1. The monoisotopic (exact) mass is 238 g/mol. The van der Waals surface area contributed by atoms with Gasteiger partial charge in [0.1, 0.15) is 0 Å². The number of hydrogen-bond acceptors (Lipinski definition) is 3. The van der Waals surface area contributed by atoms with Crippen molar-refractivity contribution in [3.8, 4) is 0 Å². The molecule has 4 atom stereocenters. The standard InChI is InChI=1S/C13H22N2O2/c16-10-5-6-15(8-10)13(17)12-7-9-3-1-2-4-11(9)14-12/h9-12,14,16H,1-8H2/t9?,10-,11?,12?/m0/s1. The normalized spacial score (nSPS) is 41.6. The first kappa shape index (κ1) is 11.5. The Morgan fingerprint density at radius 2 is 2.06 bits per heavy atom. The van der Waals surface area contributed by atoms with Crippen LogP contribution in [-0.4, -0.2) is 47.2 Å². The summed E-state index contributed by atoms with van der Waals surface area (Å²) in [5, 5.41) is 13.0. The van der Waals surface area contributed by atoms with Crippen molar-refractivity contribution < 1.29 is 9.90 Å². The number of hydrogen-bond donors (Lipinski definition) is 2. The van der Waals surface area contributed by atoms with Crippen LogP contribution in [0.3, 0.4) is 0 Å². The Labute approximate surface area is 102 Å². The first-order chi connectivity index (χ1) is 8.24. The number of amides is 1. The van der Waals surface area contributed by atoms with E-state index in [1.54, 1.807) is 0 Å². The lowest BCUT2D eigenvalue weighted by molar-refractivity contribution is -0.132. The van der Waals surface area contributed by atoms with E-state index in [0.717, 1.165) is 19.4 Å². The Bertz CT molecular complexity index is 294. The summed E-state index contributed by atoms with van der Waals surface area (Å²) in [6.07, 6.45) is 6.59. The fourth-order valence-corrected chi connectivity index (χ4v) is 3.67. The third-order valence-electron chi connectivity index (χ3n) is 4.64. The zero-order valence-electron chi connectivity index (χ0n) is 10.3. The molecule has 0 bridgehead atoms. The van der Waals surface area contributed by atoms with E-state index in [1.165, 1.54) is 25.7 Å². The SMILES string of the molecule is O=C(C1CC2CCCCC2N1)N1CC[C@H](O)C1. The molecule has 0 radical (unpaired) electrons. The summed E-state index contributed by atoms with van der Waals surface area (Å²) >= 11 is 0. The van der Waals surface area contributed by atoms with Gasteiger partial charge in [-0.2, -0.15) is 0 Å². The van der Waals surface area contributed by atoms with Gasteiger partial charge in [-0.15, -0.1) is 0 Å². The topological polar surface area (TPSA) is 52.6 Å². The summed E-state index contributed by atoms with van der Waals surface area (Å²) < 4.78 is 0. The number of likely N-dealkylation sites (tertiary alicyclic amines) is 1. The summed E-state index contributed by atoms with van der Waals surface area (Å²) in [7, 11) is 0. The molecular weight excluding hydrogens is 216 g/mol. The second kappa shape index (κ2) is 4.58. The second-order valence-corrected chi connectivity index (χ2v) is 5.83. The van der Waals surface area contributed by atoms with Crippen LogP contribution in [0.25, 0.3) is 0 Å². The summed E-state index contributed by atoms with van der Waals surface area (Å²) in [4.78, 5) is 14.1. The fraction of sp³-hybridized carbons (Fsp3) is 0.923. The molecule has 4 nitrogen and oxygen atoms in total. The lowest BCUT2D eigenvalue weighted by Crippen LogP contribution is -2.44. The van der Waals surface area contributed by atoms with Crippen LogP contribution >= 0.6 is 0 Å². The van der Waals surface area contributed by atoms with Gasteiger partial charge in [0.2, 0.25) is 5.91 Å². The van der Waals surface area contributed by atoms with Gasteiger partial charge in [0, 0.05) is 19.1 Å². The lowest BCUT2D eigenvalue weighted by atomic mass is 9.85. The molecule has 17 heavy (non-hydrogen) atoms. The molecule has 2 saturated heterocycles. The molecule has 3 unspecified atom stereocenters. The number of carbonyl (C=O) groups is 1. The second-order valence-electron chi connectivity index (χ2n) is 5.83. The van der Waals surface area contributed by atoms with Gasteiger partial charge in [0.05, 0.1) is 12.1 Å². The molecule has 1 amide bonds. The quantitative estimate of drug-likeness (QED) is 0.699. The van der Waals surface area contributed by atoms with Crippen LogP contribution in [0.4, 0.5) is 0 Å². The molecule has 3 rings (SSSR count). The number of carbonyl (C=O) groups excluding carboxylic acids is 1. The summed E-state index contributed by atoms with van der Waals surface area (Å²) in [5.41, 5.74) is 0. The Kier molecular flexibility index (Phi) is 3.09. The maximum atomic E-state index is 12.3. The molecule has 2 aliphatic heterocycles. The predicted molar refractivity (Wildman–Crippen MR) is 64.5 cm³/mol. The van der Waals surface area contributed by atoms with Gasteiger partial charge in [-0.05, 0) is 31.6 Å². The van der Waals surface area contributed by atoms with Gasteiger partial charge >= 0.3 is 0 Å². The molecule has 2 heterocycles. The Balaban J connectivity index is 1.60. The van der Waals surface area contributed by atoms with Gasteiger partial charge in [0.15, 0.2) is 0 Å². The van der Waals surface area contributed by atoms with Crippen molar-refractivity contribution in [1.29, 1.82) is 0 Å². The van der Waals surface area contributed by atoms with Crippen LogP contribution < -0.4 is 5.32 Å². The van der Waals surface area contributed by atoms with Crippen LogP contribution in [0.15, 0.2) is 0 Å². The van der Waals surface area contributed by atoms with E-state index >= 15 is 0 Å². The van der Waals surface area contributed by atoms with Crippen molar-refractivity contribution in [2.45, 2.75) is 56.7 Å². The molecule has 3 fully saturated rings. The Morgan fingerprint density at radius 1 is 1.24 bits per heavy atom. The number of aliphatic hydroxyl groups is 1. The van der Waals surface area contributed by atoms with Gasteiger partial charge in [-0.3, -0.25) is 4.79 Å². The zero-order valence-corrected chi connectivity index (χ0v) is 10.3. The fourth-order valence-electron chi connectivity index (χ4n) is 3.67. The molecule has 3 aliphatic rings. The Morgan fingerprint density at radius 3 is 2.76 bits per heavy atom. The number of rotatable bonds is 1. The van der Waals surface area contributed by atoms with Crippen molar-refractivity contribution >= 4 is 5.91 Å². The molecule has 1 saturated carbocycles. The Hall–Kier alpha value is -0.610. The molecule has 96 valence electrons. The largest absolute Gasteiger partial charge is 0.391 e. The van der Waals surface area contributed by atoms with Crippen molar-refractivity contribution in [2.75, 3.05) is 13.1 Å². The van der Waals surface area contributed by atoms with Crippen LogP contribution in [-0.2, 0) is 4.79 Å². The molecule has 4 heteroatoms. The highest BCUT2D eigenvalue weighted by atomic mass is 16.3. The molecule has 0 aromatic rings. The summed E-state index contributed by atoms with van der Waals surface area (Å²) in [6.45, 7) is 1.26. The summed E-state index contributed by atoms with van der Waals surface area (Å²) in [5.74, 6) is 0.932. The third-order valence-corrected chi connectivity index (χ3v) is 4.64. The van der Waals surface area contributed by atoms with Gasteiger partial charge in [-0.25, -0.2) is 0 Å². The third kappa shape index (κ3) is 2.20. The molecule has 0 aromatic carbocycles. The average Bonchev–Trinajstić information content (AvgIpc) is 2.93. The smallest absolute Gasteiger partial charge is 0.239 e. The van der Waals surface area contributed by atoms with Gasteiger partial charge in [-0.1, -0.05) is 12.8 Å². The number of β-amino-alcohol motifs (C(OH)–C–C–N with tert-alkyl or cyclic N) is 1. The highest BCUT2D eigenvalue weighted by Crippen LogP contribution is 2.33. The summed E-state index contributed by atoms with van der Waals surface area (Å²) in [6, 6.07) is 0.596. The first-order valence-electron chi connectivity index (χ1n) is 6.97. The van der Waals surface area contributed by atoms with E-state index in [4.69, 9.17) is 0 Å². The van der Waals surface area contributed by atoms with E-state index < -0.39 is 0 Å². The molecule has 0 aromatic heterocycles. The minimum absolute atomic E-state index is 0.0217. The minimum Gasteiger partial charge on any atom is -0.391 e. The molecule has 2 N–H and O–H groups in total. The van der Waals surface area contributed by atoms with Gasteiger partial charge < -0.3 is 15.3 Å². The first-order valence-corrected chi connectivity index (χ1v) is 6.97. The highest BCUT2D eigenvalue weighted by Gasteiger charge is 2.40. The zero-order chi connectivity index (χ0) is 11.8. The number of fused-ring (bicyclic) bond motifs is 1. The highest BCUT2D eigenvalue weighted by molar-refractivity contribution is 5.82. The molecule has 0 spiro atoms. The van der Waals surface area contributed by atoms with Crippen LogP contribution in [0.2, 0.25) is 0 Å². The molecule has 1 aliphatic carbocycles. The predicted octanol–water partition coefficient (Wildman–Crippen LogP) is 0.500. The van der Waals surface area contributed by atoms with E-state index in [2.05, 4.69) is 5.32 Å². The molecular formula is C13H22N2O2. The van der Waals surface area contributed by atoms with E-state index in [-0.39, 0.29) is 18.1 Å². The minimum atomic E-state index is -0.303. The van der Waals surface area contributed by atoms with Crippen LogP contribution in [0.1, 0.15) is 38.5 Å². The maximum absolute atomic E-state index is 12.3. The van der Waals surface area contributed by atoms with E-state index in [1.807, 2.05) is 4.90 Å².